The van der Waals surface area contributed by atoms with Crippen LogP contribution in [0.3, 0.4) is 0 Å². The van der Waals surface area contributed by atoms with Gasteiger partial charge in [0.25, 0.3) is 0 Å². The van der Waals surface area contributed by atoms with E-state index < -0.39 is 15.8 Å². The van der Waals surface area contributed by atoms with Crippen molar-refractivity contribution in [2.24, 2.45) is 0 Å². The van der Waals surface area contributed by atoms with Crippen LogP contribution in [0.2, 0.25) is 0 Å². The molecule has 1 aromatic carbocycles. The largest absolute Gasteiger partial charge is 0.314 e. The highest BCUT2D eigenvalue weighted by Gasteiger charge is 2.46. The highest BCUT2D eigenvalue weighted by atomic mass is 32.2. The van der Waals surface area contributed by atoms with Gasteiger partial charge in [-0.25, -0.2) is 12.8 Å². The van der Waals surface area contributed by atoms with Gasteiger partial charge in [0, 0.05) is 25.2 Å². The molecule has 6 heteroatoms. The number of benzene rings is 1. The lowest BCUT2D eigenvalue weighted by Gasteiger charge is -2.48. The van der Waals surface area contributed by atoms with Crippen molar-refractivity contribution in [3.8, 4) is 0 Å². The molecule has 21 heavy (non-hydrogen) atoms. The molecule has 0 unspecified atom stereocenters. The van der Waals surface area contributed by atoms with Crippen molar-refractivity contribution in [2.45, 2.75) is 42.5 Å². The van der Waals surface area contributed by atoms with Gasteiger partial charge in [-0.15, -0.1) is 0 Å². The Hall–Kier alpha value is -0.980. The van der Waals surface area contributed by atoms with Gasteiger partial charge in [0.2, 0.25) is 10.0 Å². The second-order valence-electron chi connectivity index (χ2n) is 6.00. The SMILES string of the molecule is O=S(=O)(c1cccc(F)c1)N1CCNCC12CCCCC2. The van der Waals surface area contributed by atoms with Crippen molar-refractivity contribution in [2.75, 3.05) is 19.6 Å². The number of sulfonamides is 1. The molecule has 1 aliphatic heterocycles. The number of hydrogen-bond acceptors (Lipinski definition) is 3. The maximum Gasteiger partial charge on any atom is 0.243 e. The van der Waals surface area contributed by atoms with Gasteiger partial charge in [-0.05, 0) is 31.0 Å². The molecule has 1 spiro atoms. The van der Waals surface area contributed by atoms with Gasteiger partial charge in [0.05, 0.1) is 4.90 Å². The van der Waals surface area contributed by atoms with E-state index in [0.717, 1.165) is 38.2 Å². The minimum absolute atomic E-state index is 0.0642. The van der Waals surface area contributed by atoms with Crippen LogP contribution in [0.5, 0.6) is 0 Å². The molecule has 1 aromatic rings. The molecule has 1 N–H and O–H groups in total. The zero-order valence-electron chi connectivity index (χ0n) is 12.0. The van der Waals surface area contributed by atoms with Crippen LogP contribution >= 0.6 is 0 Å². The van der Waals surface area contributed by atoms with Crippen LogP contribution in [0.1, 0.15) is 32.1 Å². The van der Waals surface area contributed by atoms with Gasteiger partial charge < -0.3 is 5.32 Å². The third-order valence-corrected chi connectivity index (χ3v) is 6.64. The Kier molecular flexibility index (Phi) is 4.03. The third kappa shape index (κ3) is 2.72. The molecule has 0 bridgehead atoms. The summed E-state index contributed by atoms with van der Waals surface area (Å²) in [6, 6.07) is 5.33. The number of rotatable bonds is 2. The van der Waals surface area contributed by atoms with E-state index in [2.05, 4.69) is 5.32 Å². The van der Waals surface area contributed by atoms with Gasteiger partial charge in [-0.3, -0.25) is 0 Å². The standard InChI is InChI=1S/C15H21FN2O2S/c16-13-5-4-6-14(11-13)21(19,20)18-10-9-17-12-15(18)7-2-1-3-8-15/h4-6,11,17H,1-3,7-10,12H2. The Morgan fingerprint density at radius 1 is 1.19 bits per heavy atom. The molecule has 1 saturated carbocycles. The molecule has 1 saturated heterocycles. The summed E-state index contributed by atoms with van der Waals surface area (Å²) < 4.78 is 40.9. The van der Waals surface area contributed by atoms with E-state index in [1.807, 2.05) is 0 Å². The Labute approximate surface area is 125 Å². The normalized spacial score (nSPS) is 23.3. The number of halogens is 1. The van der Waals surface area contributed by atoms with E-state index in [4.69, 9.17) is 0 Å². The summed E-state index contributed by atoms with van der Waals surface area (Å²) in [5.41, 5.74) is -0.332. The number of piperazine rings is 1. The van der Waals surface area contributed by atoms with E-state index in [-0.39, 0.29) is 10.4 Å². The molecule has 1 aliphatic carbocycles. The molecule has 2 aliphatic rings. The summed E-state index contributed by atoms with van der Waals surface area (Å²) in [6.07, 6.45) is 5.03. The molecule has 0 radical (unpaired) electrons. The van der Waals surface area contributed by atoms with Gasteiger partial charge in [-0.2, -0.15) is 4.31 Å². The maximum absolute atomic E-state index is 13.4. The lowest BCUT2D eigenvalue weighted by Crippen LogP contribution is -2.63. The predicted molar refractivity (Wildman–Crippen MR) is 79.0 cm³/mol. The van der Waals surface area contributed by atoms with Crippen LogP contribution in [0.15, 0.2) is 29.2 Å². The smallest absolute Gasteiger partial charge is 0.243 e. The van der Waals surface area contributed by atoms with Crippen molar-refractivity contribution in [3.05, 3.63) is 30.1 Å². The van der Waals surface area contributed by atoms with Crippen LogP contribution in [0.4, 0.5) is 4.39 Å². The van der Waals surface area contributed by atoms with Crippen molar-refractivity contribution < 1.29 is 12.8 Å². The monoisotopic (exact) mass is 312 g/mol. The molecule has 4 nitrogen and oxygen atoms in total. The maximum atomic E-state index is 13.4. The van der Waals surface area contributed by atoms with E-state index in [1.54, 1.807) is 4.31 Å². The van der Waals surface area contributed by atoms with Crippen LogP contribution < -0.4 is 5.32 Å². The van der Waals surface area contributed by atoms with Gasteiger partial charge in [0.15, 0.2) is 0 Å². The topological polar surface area (TPSA) is 49.4 Å². The first kappa shape index (κ1) is 14.9. The lowest BCUT2D eigenvalue weighted by molar-refractivity contribution is 0.101. The Balaban J connectivity index is 1.99. The van der Waals surface area contributed by atoms with Gasteiger partial charge in [-0.1, -0.05) is 25.3 Å². The van der Waals surface area contributed by atoms with Crippen molar-refractivity contribution >= 4 is 10.0 Å². The van der Waals surface area contributed by atoms with Gasteiger partial charge >= 0.3 is 0 Å². The summed E-state index contributed by atoms with van der Waals surface area (Å²) >= 11 is 0. The highest BCUT2D eigenvalue weighted by molar-refractivity contribution is 7.89. The predicted octanol–water partition coefficient (Wildman–Crippen LogP) is 2.12. The first-order chi connectivity index (χ1) is 10.0. The molecule has 2 fully saturated rings. The van der Waals surface area contributed by atoms with Crippen molar-refractivity contribution in [3.63, 3.8) is 0 Å². The van der Waals surface area contributed by atoms with E-state index in [0.29, 0.717) is 19.6 Å². The second-order valence-corrected chi connectivity index (χ2v) is 7.86. The number of hydrogen-bond donors (Lipinski definition) is 1. The summed E-state index contributed by atoms with van der Waals surface area (Å²) in [4.78, 5) is 0.0642. The third-order valence-electron chi connectivity index (χ3n) is 4.64. The molecular weight excluding hydrogens is 291 g/mol. The molecule has 3 rings (SSSR count). The average molecular weight is 312 g/mol. The fraction of sp³-hybridized carbons (Fsp3) is 0.600. The Bertz CT molecular complexity index is 604. The molecule has 0 aromatic heterocycles. The van der Waals surface area contributed by atoms with Crippen LogP contribution in [-0.2, 0) is 10.0 Å². The Morgan fingerprint density at radius 3 is 2.67 bits per heavy atom. The Morgan fingerprint density at radius 2 is 1.95 bits per heavy atom. The van der Waals surface area contributed by atoms with Crippen molar-refractivity contribution in [1.29, 1.82) is 0 Å². The fourth-order valence-corrected chi connectivity index (χ4v) is 5.45. The van der Waals surface area contributed by atoms with Crippen LogP contribution in [0.25, 0.3) is 0 Å². The number of nitrogens with one attached hydrogen (secondary N) is 1. The van der Waals surface area contributed by atoms with E-state index in [1.165, 1.54) is 18.2 Å². The first-order valence-electron chi connectivity index (χ1n) is 7.54. The van der Waals surface area contributed by atoms with E-state index >= 15 is 0 Å². The van der Waals surface area contributed by atoms with Crippen molar-refractivity contribution in [1.82, 2.24) is 9.62 Å². The van der Waals surface area contributed by atoms with Crippen LogP contribution in [-0.4, -0.2) is 37.9 Å². The van der Waals surface area contributed by atoms with Gasteiger partial charge in [0.1, 0.15) is 5.82 Å². The zero-order valence-corrected chi connectivity index (χ0v) is 12.8. The highest BCUT2D eigenvalue weighted by Crippen LogP contribution is 2.38. The summed E-state index contributed by atoms with van der Waals surface area (Å²) in [6.45, 7) is 1.80. The fourth-order valence-electron chi connectivity index (χ4n) is 3.59. The summed E-state index contributed by atoms with van der Waals surface area (Å²) in [7, 11) is -3.64. The molecule has 0 amide bonds. The molecule has 116 valence electrons. The quantitative estimate of drug-likeness (QED) is 0.910. The summed E-state index contributed by atoms with van der Waals surface area (Å²) in [5, 5.41) is 3.33. The molecular formula is C15H21FN2O2S. The molecule has 1 heterocycles. The molecule has 0 atom stereocenters. The lowest BCUT2D eigenvalue weighted by atomic mass is 9.80. The van der Waals surface area contributed by atoms with E-state index in [9.17, 15) is 12.8 Å². The minimum Gasteiger partial charge on any atom is -0.314 e. The first-order valence-corrected chi connectivity index (χ1v) is 8.98. The zero-order chi connectivity index (χ0) is 14.9. The number of nitrogens with zero attached hydrogens (tertiary/aromatic N) is 1. The second kappa shape index (κ2) is 5.66. The minimum atomic E-state index is -3.64. The van der Waals surface area contributed by atoms with Crippen LogP contribution in [0, 0.1) is 5.82 Å². The average Bonchev–Trinajstić information content (AvgIpc) is 2.48. The summed E-state index contributed by atoms with van der Waals surface area (Å²) in [5.74, 6) is -0.510.